The summed E-state index contributed by atoms with van der Waals surface area (Å²) >= 11 is 19.1. The molecule has 0 atom stereocenters. The number of aliphatic hydroxyl groups is 1. The number of hydrogen-bond acceptors (Lipinski definition) is 2. The molecule has 0 radical (unpaired) electrons. The fraction of sp³-hybridized carbons (Fsp3) is 1.00. The molecule has 0 aliphatic rings. The van der Waals surface area contributed by atoms with Crippen molar-refractivity contribution < 1.29 is 10.6 Å². The van der Waals surface area contributed by atoms with Crippen molar-refractivity contribution in [3.8, 4) is 0 Å². The molecule has 0 heterocycles. The molecular formula is C3H13Cl4NO2. The smallest absolute Gasteiger partial charge is 0.0967 e. The summed E-state index contributed by atoms with van der Waals surface area (Å²) in [4.78, 5) is 0. The molecule has 0 aromatic rings. The van der Waals surface area contributed by atoms with Crippen molar-refractivity contribution in [3.63, 3.8) is 0 Å². The standard InChI is InChI=1S/2CH2Cl2.CH4O.H3N.H2O/c2*2-1-3;1-2;;/h2*1H2;2H,1H3;1H3;1H2. The summed E-state index contributed by atoms with van der Waals surface area (Å²) in [6.07, 6.45) is 0. The van der Waals surface area contributed by atoms with Crippen LogP contribution in [0.1, 0.15) is 0 Å². The van der Waals surface area contributed by atoms with Gasteiger partial charge in [0.15, 0.2) is 0 Å². The number of hydrogen-bond donors (Lipinski definition) is 2. The molecular weight excluding hydrogens is 224 g/mol. The second-order valence-electron chi connectivity index (χ2n) is 0.202. The average molecular weight is 237 g/mol. The van der Waals surface area contributed by atoms with Gasteiger partial charge in [-0.05, 0) is 0 Å². The zero-order chi connectivity index (χ0) is 7.41. The van der Waals surface area contributed by atoms with Crippen molar-refractivity contribution in [1.82, 2.24) is 6.15 Å². The van der Waals surface area contributed by atoms with E-state index in [9.17, 15) is 0 Å². The first-order valence-corrected chi connectivity index (χ1v) is 3.65. The van der Waals surface area contributed by atoms with Crippen LogP contribution < -0.4 is 6.15 Å². The van der Waals surface area contributed by atoms with Crippen molar-refractivity contribution in [3.05, 3.63) is 0 Å². The Hall–Kier alpha value is 1.04. The first kappa shape index (κ1) is 30.5. The molecule has 0 aliphatic carbocycles. The van der Waals surface area contributed by atoms with Crippen LogP contribution in [0.3, 0.4) is 0 Å². The lowest BCUT2D eigenvalue weighted by molar-refractivity contribution is 0.399. The monoisotopic (exact) mass is 235 g/mol. The van der Waals surface area contributed by atoms with Gasteiger partial charge >= 0.3 is 0 Å². The molecule has 7 heteroatoms. The Kier molecular flexibility index (Phi) is 271. The SMILES string of the molecule is CO.ClCCl.ClCCl.[NH4+].[OH-]. The van der Waals surface area contributed by atoms with Crippen LogP contribution in [0.15, 0.2) is 0 Å². The van der Waals surface area contributed by atoms with Gasteiger partial charge in [-0.1, -0.05) is 0 Å². The number of rotatable bonds is 0. The van der Waals surface area contributed by atoms with Crippen LogP contribution in [0.2, 0.25) is 0 Å². The van der Waals surface area contributed by atoms with E-state index in [-0.39, 0.29) is 22.3 Å². The third-order valence-electron chi connectivity index (χ3n) is 0. The van der Waals surface area contributed by atoms with Gasteiger partial charge in [-0.15, -0.1) is 46.4 Å². The highest BCUT2D eigenvalue weighted by atomic mass is 35.5. The molecule has 0 aliphatic heterocycles. The summed E-state index contributed by atoms with van der Waals surface area (Å²) in [5.74, 6) is 0. The quantitative estimate of drug-likeness (QED) is 0.634. The maximum Gasteiger partial charge on any atom is 0.0967 e. The Morgan fingerprint density at radius 3 is 0.900 bits per heavy atom. The van der Waals surface area contributed by atoms with Gasteiger partial charge in [0, 0.05) is 7.11 Å². The minimum absolute atomic E-state index is 0. The molecule has 0 spiro atoms. The first-order chi connectivity index (χ1) is 3.83. The van der Waals surface area contributed by atoms with Crippen molar-refractivity contribution in [1.29, 1.82) is 0 Å². The minimum atomic E-state index is 0. The Balaban J connectivity index is -0.0000000116. The number of quaternary nitrogens is 1. The Morgan fingerprint density at radius 2 is 0.900 bits per heavy atom. The van der Waals surface area contributed by atoms with Crippen LogP contribution in [0.25, 0.3) is 0 Å². The molecule has 0 fully saturated rings. The van der Waals surface area contributed by atoms with Crippen LogP contribution >= 0.6 is 46.4 Å². The lowest BCUT2D eigenvalue weighted by Gasteiger charge is -1.42. The third-order valence-corrected chi connectivity index (χ3v) is 0. The summed E-state index contributed by atoms with van der Waals surface area (Å²) in [5, 5.41) is 7.39. The normalized spacial score (nSPS) is 4.20. The zero-order valence-corrected chi connectivity index (χ0v) is 8.84. The summed E-state index contributed by atoms with van der Waals surface area (Å²) in [7, 11) is 1.00. The van der Waals surface area contributed by atoms with Gasteiger partial charge in [0.2, 0.25) is 0 Å². The number of halogens is 4. The van der Waals surface area contributed by atoms with Gasteiger partial charge in [0.25, 0.3) is 0 Å². The molecule has 0 saturated heterocycles. The number of aliphatic hydroxyl groups excluding tert-OH is 1. The second-order valence-corrected chi connectivity index (χ2v) is 1.82. The van der Waals surface area contributed by atoms with Crippen molar-refractivity contribution in [2.24, 2.45) is 0 Å². The van der Waals surface area contributed by atoms with Gasteiger partial charge in [-0.3, -0.25) is 0 Å². The topological polar surface area (TPSA) is 86.7 Å². The van der Waals surface area contributed by atoms with Crippen LogP contribution in [0.4, 0.5) is 0 Å². The second kappa shape index (κ2) is 88.8. The molecule has 0 aromatic heterocycles. The van der Waals surface area contributed by atoms with Gasteiger partial charge in [-0.25, -0.2) is 0 Å². The van der Waals surface area contributed by atoms with Crippen molar-refractivity contribution >= 4 is 46.4 Å². The highest BCUT2D eigenvalue weighted by Crippen LogP contribution is 1.73. The van der Waals surface area contributed by atoms with Gasteiger partial charge in [-0.2, -0.15) is 0 Å². The van der Waals surface area contributed by atoms with E-state index in [1.807, 2.05) is 0 Å². The fourth-order valence-electron chi connectivity index (χ4n) is 0. The first-order valence-electron chi connectivity index (χ1n) is 1.52. The average Bonchev–Trinajstić information content (AvgIpc) is 1.75. The molecule has 0 unspecified atom stereocenters. The highest BCUT2D eigenvalue weighted by Gasteiger charge is 1.42. The summed E-state index contributed by atoms with van der Waals surface area (Å²) in [6.45, 7) is 0. The Bertz CT molecular complexity index is 20.5. The van der Waals surface area contributed by atoms with E-state index < -0.39 is 0 Å². The molecule has 0 rings (SSSR count). The maximum absolute atomic E-state index is 7.00. The van der Waals surface area contributed by atoms with Crippen molar-refractivity contribution in [2.45, 2.75) is 0 Å². The molecule has 0 saturated carbocycles. The number of alkyl halides is 4. The molecule has 6 N–H and O–H groups in total. The van der Waals surface area contributed by atoms with Crippen LogP contribution in [0, 0.1) is 0 Å². The van der Waals surface area contributed by atoms with Crippen LogP contribution in [0.5, 0.6) is 0 Å². The van der Waals surface area contributed by atoms with Crippen LogP contribution in [-0.4, -0.2) is 28.4 Å². The zero-order valence-electron chi connectivity index (χ0n) is 5.82. The summed E-state index contributed by atoms with van der Waals surface area (Å²) in [5.41, 5.74) is 0. The largest absolute Gasteiger partial charge is 0.870 e. The lowest BCUT2D eigenvalue weighted by atomic mass is 11.8. The maximum atomic E-state index is 7.00. The van der Waals surface area contributed by atoms with Crippen molar-refractivity contribution in [2.75, 3.05) is 17.8 Å². The summed E-state index contributed by atoms with van der Waals surface area (Å²) in [6, 6.07) is 0. The molecule has 0 amide bonds. The van der Waals surface area contributed by atoms with E-state index in [1.54, 1.807) is 0 Å². The molecule has 10 heavy (non-hydrogen) atoms. The van der Waals surface area contributed by atoms with Gasteiger partial charge in [0.05, 0.1) is 10.7 Å². The highest BCUT2D eigenvalue weighted by molar-refractivity contribution is 6.40. The molecule has 70 valence electrons. The van der Waals surface area contributed by atoms with E-state index in [1.165, 1.54) is 0 Å². The van der Waals surface area contributed by atoms with E-state index in [4.69, 9.17) is 51.5 Å². The minimum Gasteiger partial charge on any atom is -0.870 e. The molecule has 0 aromatic carbocycles. The Labute approximate surface area is 81.1 Å². The lowest BCUT2D eigenvalue weighted by Crippen LogP contribution is -1.25. The van der Waals surface area contributed by atoms with E-state index >= 15 is 0 Å². The van der Waals surface area contributed by atoms with E-state index in [0.29, 0.717) is 0 Å². The van der Waals surface area contributed by atoms with E-state index in [0.717, 1.165) is 7.11 Å². The van der Waals surface area contributed by atoms with Gasteiger partial charge in [0.1, 0.15) is 0 Å². The van der Waals surface area contributed by atoms with Gasteiger partial charge < -0.3 is 16.7 Å². The predicted octanol–water partition coefficient (Wildman–Crippen LogP) is 2.65. The Morgan fingerprint density at radius 1 is 0.900 bits per heavy atom. The molecule has 0 bridgehead atoms. The van der Waals surface area contributed by atoms with Crippen LogP contribution in [-0.2, 0) is 0 Å². The fourth-order valence-corrected chi connectivity index (χ4v) is 0. The molecule has 3 nitrogen and oxygen atoms in total. The third kappa shape index (κ3) is 540. The summed E-state index contributed by atoms with van der Waals surface area (Å²) < 4.78 is 0. The van der Waals surface area contributed by atoms with E-state index in [2.05, 4.69) is 0 Å². The predicted molar refractivity (Wildman–Crippen MR) is 49.2 cm³/mol.